The molecule has 24 heavy (non-hydrogen) atoms. The number of fused-ring (bicyclic) bond motifs is 1. The summed E-state index contributed by atoms with van der Waals surface area (Å²) in [5.41, 5.74) is 9.24. The van der Waals surface area contributed by atoms with Gasteiger partial charge in [0.05, 0.1) is 18.3 Å². The molecule has 1 unspecified atom stereocenters. The normalized spacial score (nSPS) is 22.2. The largest absolute Gasteiger partial charge is 0.365 e. The van der Waals surface area contributed by atoms with Gasteiger partial charge in [0.1, 0.15) is 6.17 Å². The minimum absolute atomic E-state index is 0.0145. The lowest BCUT2D eigenvalue weighted by Gasteiger charge is -2.30. The number of hydrogen-bond donors (Lipinski definition) is 3. The fraction of sp³-hybridized carbons (Fsp3) is 0.444. The van der Waals surface area contributed by atoms with Crippen LogP contribution >= 0.6 is 0 Å². The molecule has 6 heteroatoms. The highest BCUT2D eigenvalue weighted by atomic mass is 16.2. The van der Waals surface area contributed by atoms with Crippen molar-refractivity contribution in [3.63, 3.8) is 0 Å². The molecule has 2 aliphatic rings. The van der Waals surface area contributed by atoms with Gasteiger partial charge in [0.25, 0.3) is 0 Å². The molecule has 0 spiro atoms. The van der Waals surface area contributed by atoms with Gasteiger partial charge in [0.2, 0.25) is 5.91 Å². The molecule has 0 saturated carbocycles. The molecule has 0 aromatic heterocycles. The summed E-state index contributed by atoms with van der Waals surface area (Å²) in [5, 5.41) is 6.72. The predicted molar refractivity (Wildman–Crippen MR) is 93.1 cm³/mol. The van der Waals surface area contributed by atoms with Gasteiger partial charge in [0, 0.05) is 18.3 Å². The summed E-state index contributed by atoms with van der Waals surface area (Å²) in [7, 11) is 0. The van der Waals surface area contributed by atoms with Crippen LogP contribution in [0, 0.1) is 0 Å². The zero-order valence-corrected chi connectivity index (χ0v) is 14.1. The maximum absolute atomic E-state index is 12.4. The molecular formula is C18H24N4O2. The summed E-state index contributed by atoms with van der Waals surface area (Å²) in [4.78, 5) is 26.1. The smallest absolute Gasteiger partial charge is 0.241 e. The first-order valence-corrected chi connectivity index (χ1v) is 8.44. The summed E-state index contributed by atoms with van der Waals surface area (Å²) in [6, 6.07) is 7.78. The highest BCUT2D eigenvalue weighted by Gasteiger charge is 2.41. The Bertz CT molecular complexity index is 698. The fourth-order valence-electron chi connectivity index (χ4n) is 3.59. The number of anilines is 1. The van der Waals surface area contributed by atoms with Crippen LogP contribution in [0.4, 0.5) is 5.69 Å². The Morgan fingerprint density at radius 2 is 2.04 bits per heavy atom. The van der Waals surface area contributed by atoms with Crippen LogP contribution in [0.15, 0.2) is 35.7 Å². The third-order valence-electron chi connectivity index (χ3n) is 4.62. The van der Waals surface area contributed by atoms with E-state index in [1.807, 2.05) is 24.3 Å². The number of nitrogens with zero attached hydrogens (tertiary/aromatic N) is 1. The van der Waals surface area contributed by atoms with Crippen molar-refractivity contribution >= 4 is 17.4 Å². The van der Waals surface area contributed by atoms with E-state index in [0.717, 1.165) is 36.2 Å². The molecule has 3 rings (SSSR count). The van der Waals surface area contributed by atoms with E-state index in [2.05, 4.69) is 17.6 Å². The fourth-order valence-corrected chi connectivity index (χ4v) is 3.59. The molecule has 2 atom stereocenters. The molecule has 0 bridgehead atoms. The number of para-hydroxylation sites is 1. The quantitative estimate of drug-likeness (QED) is 0.751. The van der Waals surface area contributed by atoms with Crippen molar-refractivity contribution in [2.75, 3.05) is 11.4 Å². The molecule has 2 heterocycles. The van der Waals surface area contributed by atoms with E-state index in [9.17, 15) is 9.59 Å². The molecule has 4 N–H and O–H groups in total. The van der Waals surface area contributed by atoms with Crippen molar-refractivity contribution < 1.29 is 9.59 Å². The van der Waals surface area contributed by atoms with Crippen molar-refractivity contribution in [3.05, 3.63) is 41.2 Å². The molecular weight excluding hydrogens is 304 g/mol. The van der Waals surface area contributed by atoms with E-state index in [-0.39, 0.29) is 30.4 Å². The number of nitrogens with two attached hydrogens (primary N) is 1. The van der Waals surface area contributed by atoms with Crippen LogP contribution < -0.4 is 21.3 Å². The van der Waals surface area contributed by atoms with Crippen LogP contribution in [0.3, 0.4) is 0 Å². The zero-order chi connectivity index (χ0) is 17.3. The summed E-state index contributed by atoms with van der Waals surface area (Å²) < 4.78 is 0. The molecule has 0 radical (unpaired) electrons. The van der Waals surface area contributed by atoms with Gasteiger partial charge in [-0.05, 0) is 24.5 Å². The summed E-state index contributed by atoms with van der Waals surface area (Å²) in [5.74, 6) is -0.0949. The third kappa shape index (κ3) is 2.78. The average molecular weight is 328 g/mol. The Morgan fingerprint density at radius 1 is 1.29 bits per heavy atom. The Morgan fingerprint density at radius 3 is 2.71 bits per heavy atom. The van der Waals surface area contributed by atoms with Crippen molar-refractivity contribution in [2.45, 2.75) is 45.3 Å². The molecule has 6 nitrogen and oxygen atoms in total. The maximum atomic E-state index is 12.4. The third-order valence-corrected chi connectivity index (χ3v) is 4.62. The zero-order valence-electron chi connectivity index (χ0n) is 14.1. The van der Waals surface area contributed by atoms with Gasteiger partial charge in [-0.2, -0.15) is 0 Å². The van der Waals surface area contributed by atoms with E-state index < -0.39 is 0 Å². The number of Topliss-reactive ketones (excluding diaryl/α,β-unsaturated/α-hetero) is 1. The Balaban J connectivity index is 1.88. The van der Waals surface area contributed by atoms with E-state index >= 15 is 0 Å². The molecule has 1 aromatic rings. The molecule has 128 valence electrons. The highest BCUT2D eigenvalue weighted by Crippen LogP contribution is 2.34. The number of ketones is 1. The van der Waals surface area contributed by atoms with Crippen LogP contribution in [0.5, 0.6) is 0 Å². The van der Waals surface area contributed by atoms with Crippen molar-refractivity contribution in [1.29, 1.82) is 0 Å². The van der Waals surface area contributed by atoms with Gasteiger partial charge >= 0.3 is 0 Å². The molecule has 1 aromatic carbocycles. The van der Waals surface area contributed by atoms with E-state index in [4.69, 9.17) is 5.73 Å². The molecule has 0 saturated heterocycles. The lowest BCUT2D eigenvalue weighted by molar-refractivity contribution is -0.117. The average Bonchev–Trinajstić information content (AvgIpc) is 3.15. The second-order valence-electron chi connectivity index (χ2n) is 6.29. The number of carbonyl (C=O) groups excluding carboxylic acids is 2. The van der Waals surface area contributed by atoms with E-state index in [1.165, 1.54) is 0 Å². The van der Waals surface area contributed by atoms with Crippen LogP contribution in [-0.4, -0.2) is 30.4 Å². The number of carbonyl (C=O) groups is 2. The number of hydrogen-bond acceptors (Lipinski definition) is 5. The summed E-state index contributed by atoms with van der Waals surface area (Å²) in [6.45, 7) is 3.61. The van der Waals surface area contributed by atoms with Gasteiger partial charge in [-0.15, -0.1) is 0 Å². The molecule has 0 aliphatic carbocycles. The lowest BCUT2D eigenvalue weighted by atomic mass is 10.1. The first kappa shape index (κ1) is 16.5. The number of allylic oxidation sites excluding steroid dienone is 2. The van der Waals surface area contributed by atoms with E-state index in [0.29, 0.717) is 5.70 Å². The molecule has 2 aliphatic heterocycles. The molecule has 0 fully saturated rings. The standard InChI is InChI=1S/C18H24N4O2/c1-3-6-13-17(11(2)23)21-18(20-13)15-9-12-7-4-5-8-14(12)22(15)16(24)10-19/h4-5,7-8,15,18,20-21H,3,6,9-10,19H2,1-2H3/t15?,18-/m1/s1. The monoisotopic (exact) mass is 328 g/mol. The van der Waals surface area contributed by atoms with Crippen molar-refractivity contribution in [1.82, 2.24) is 10.6 Å². The van der Waals surface area contributed by atoms with Crippen molar-refractivity contribution in [2.24, 2.45) is 5.73 Å². The Hall–Kier alpha value is -2.34. The number of nitrogens with one attached hydrogen (secondary N) is 2. The SMILES string of the molecule is CCCC1=C(C(C)=O)N[C@H](C2Cc3ccccc3N2C(=O)CN)N1. The topological polar surface area (TPSA) is 87.5 Å². The maximum Gasteiger partial charge on any atom is 0.241 e. The summed E-state index contributed by atoms with van der Waals surface area (Å²) in [6.07, 6.45) is 2.30. The number of rotatable bonds is 5. The first-order chi connectivity index (χ1) is 11.6. The second-order valence-corrected chi connectivity index (χ2v) is 6.29. The Labute approximate surface area is 142 Å². The predicted octanol–water partition coefficient (Wildman–Crippen LogP) is 1.02. The van der Waals surface area contributed by atoms with Gasteiger partial charge in [-0.3, -0.25) is 9.59 Å². The highest BCUT2D eigenvalue weighted by molar-refractivity contribution is 5.98. The second kappa shape index (κ2) is 6.65. The van der Waals surface area contributed by atoms with Crippen molar-refractivity contribution in [3.8, 4) is 0 Å². The van der Waals surface area contributed by atoms with Gasteiger partial charge < -0.3 is 21.3 Å². The van der Waals surface area contributed by atoms with Crippen LogP contribution in [0.2, 0.25) is 0 Å². The minimum atomic E-state index is -0.187. The summed E-state index contributed by atoms with van der Waals surface area (Å²) >= 11 is 0. The molecule has 1 amide bonds. The van der Waals surface area contributed by atoms with Gasteiger partial charge in [-0.1, -0.05) is 31.5 Å². The van der Waals surface area contributed by atoms with Crippen LogP contribution in [0.25, 0.3) is 0 Å². The van der Waals surface area contributed by atoms with E-state index in [1.54, 1.807) is 11.8 Å². The van der Waals surface area contributed by atoms with Gasteiger partial charge in [0.15, 0.2) is 5.78 Å². The van der Waals surface area contributed by atoms with Gasteiger partial charge in [-0.25, -0.2) is 0 Å². The minimum Gasteiger partial charge on any atom is -0.365 e. The van der Waals surface area contributed by atoms with Crippen LogP contribution in [-0.2, 0) is 16.0 Å². The number of benzene rings is 1. The lowest BCUT2D eigenvalue weighted by Crippen LogP contribution is -2.55. The Kier molecular flexibility index (Phi) is 4.57. The van der Waals surface area contributed by atoms with Crippen LogP contribution in [0.1, 0.15) is 32.3 Å². The number of amides is 1. The first-order valence-electron chi connectivity index (χ1n) is 8.44.